The summed E-state index contributed by atoms with van der Waals surface area (Å²) >= 11 is 0. The lowest BCUT2D eigenvalue weighted by Gasteiger charge is -2.03. The average molecular weight is 272 g/mol. The second kappa shape index (κ2) is 15.3. The highest BCUT2D eigenvalue weighted by Crippen LogP contribution is 2.11. The highest BCUT2D eigenvalue weighted by atomic mass is 16.7. The van der Waals surface area contributed by atoms with Crippen LogP contribution >= 0.6 is 0 Å². The van der Waals surface area contributed by atoms with E-state index in [1.807, 2.05) is 0 Å². The molecule has 0 saturated heterocycles. The largest absolute Gasteiger partial charge is 0.507 e. The Morgan fingerprint density at radius 3 is 1.58 bits per heavy atom. The van der Waals surface area contributed by atoms with E-state index in [-0.39, 0.29) is 0 Å². The maximum absolute atomic E-state index is 10.7. The van der Waals surface area contributed by atoms with Gasteiger partial charge in [-0.3, -0.25) is 0 Å². The van der Waals surface area contributed by atoms with Crippen molar-refractivity contribution in [3.8, 4) is 0 Å². The van der Waals surface area contributed by atoms with Gasteiger partial charge in [0, 0.05) is 0 Å². The van der Waals surface area contributed by atoms with E-state index in [0.717, 1.165) is 12.8 Å². The SMILES string of the molecule is CCCCCCCCCCCCCCOC(=O)OC. The Hall–Kier alpha value is -0.730. The summed E-state index contributed by atoms with van der Waals surface area (Å²) in [5.74, 6) is 0. The van der Waals surface area contributed by atoms with Gasteiger partial charge in [-0.15, -0.1) is 0 Å². The van der Waals surface area contributed by atoms with Gasteiger partial charge in [0.2, 0.25) is 0 Å². The van der Waals surface area contributed by atoms with Crippen LogP contribution in [-0.2, 0) is 9.47 Å². The molecule has 0 heterocycles. The summed E-state index contributed by atoms with van der Waals surface area (Å²) in [6, 6.07) is 0. The van der Waals surface area contributed by atoms with Crippen molar-refractivity contribution in [2.45, 2.75) is 84.0 Å². The van der Waals surface area contributed by atoms with Crippen LogP contribution in [0.4, 0.5) is 4.79 Å². The standard InChI is InChI=1S/C16H32O3/c1-3-4-5-6-7-8-9-10-11-12-13-14-15-19-16(17)18-2/h3-15H2,1-2H3. The first-order valence-electron chi connectivity index (χ1n) is 8.02. The first-order valence-corrected chi connectivity index (χ1v) is 8.02. The predicted molar refractivity (Wildman–Crippen MR) is 79.4 cm³/mol. The van der Waals surface area contributed by atoms with Crippen molar-refractivity contribution in [1.82, 2.24) is 0 Å². The molecule has 0 aromatic rings. The molecular formula is C16H32O3. The van der Waals surface area contributed by atoms with Gasteiger partial charge in [0.25, 0.3) is 0 Å². The third kappa shape index (κ3) is 15.2. The smallest absolute Gasteiger partial charge is 0.438 e. The summed E-state index contributed by atoms with van der Waals surface area (Å²) in [6.07, 6.45) is 15.2. The molecule has 0 spiro atoms. The van der Waals surface area contributed by atoms with Gasteiger partial charge in [-0.1, -0.05) is 77.6 Å². The molecule has 0 rings (SSSR count). The van der Waals surface area contributed by atoms with Crippen molar-refractivity contribution < 1.29 is 14.3 Å². The third-order valence-corrected chi connectivity index (χ3v) is 3.38. The molecule has 19 heavy (non-hydrogen) atoms. The summed E-state index contributed by atoms with van der Waals surface area (Å²) in [7, 11) is 1.34. The fourth-order valence-corrected chi connectivity index (χ4v) is 2.16. The number of rotatable bonds is 13. The molecule has 0 aliphatic heterocycles. The van der Waals surface area contributed by atoms with Crippen LogP contribution in [0.3, 0.4) is 0 Å². The Labute approximate surface area is 119 Å². The molecule has 0 fully saturated rings. The van der Waals surface area contributed by atoms with Gasteiger partial charge in [-0.05, 0) is 6.42 Å². The van der Waals surface area contributed by atoms with E-state index in [0.29, 0.717) is 6.61 Å². The van der Waals surface area contributed by atoms with Crippen molar-refractivity contribution in [3.63, 3.8) is 0 Å². The van der Waals surface area contributed by atoms with Gasteiger partial charge >= 0.3 is 6.16 Å². The van der Waals surface area contributed by atoms with E-state index in [2.05, 4.69) is 11.7 Å². The van der Waals surface area contributed by atoms with Crippen LogP contribution in [0.2, 0.25) is 0 Å². The second-order valence-corrected chi connectivity index (χ2v) is 5.19. The highest BCUT2D eigenvalue weighted by molar-refractivity contribution is 5.59. The lowest BCUT2D eigenvalue weighted by molar-refractivity contribution is 0.0713. The average Bonchev–Trinajstić information content (AvgIpc) is 2.43. The van der Waals surface area contributed by atoms with Crippen molar-refractivity contribution >= 4 is 6.16 Å². The summed E-state index contributed by atoms with van der Waals surface area (Å²) < 4.78 is 9.22. The van der Waals surface area contributed by atoms with Gasteiger partial charge in [-0.25, -0.2) is 4.79 Å². The normalized spacial score (nSPS) is 10.4. The quantitative estimate of drug-likeness (QED) is 0.329. The zero-order valence-electron chi connectivity index (χ0n) is 12.9. The van der Waals surface area contributed by atoms with E-state index in [4.69, 9.17) is 4.74 Å². The Balaban J connectivity index is 2.97. The van der Waals surface area contributed by atoms with Crippen LogP contribution in [0, 0.1) is 0 Å². The molecule has 0 bridgehead atoms. The number of hydrogen-bond donors (Lipinski definition) is 0. The topological polar surface area (TPSA) is 35.5 Å². The van der Waals surface area contributed by atoms with E-state index in [9.17, 15) is 4.79 Å². The lowest BCUT2D eigenvalue weighted by Crippen LogP contribution is -2.05. The maximum Gasteiger partial charge on any atom is 0.507 e. The summed E-state index contributed by atoms with van der Waals surface area (Å²) in [5.41, 5.74) is 0. The fraction of sp³-hybridized carbons (Fsp3) is 0.938. The van der Waals surface area contributed by atoms with Crippen LogP contribution in [0.15, 0.2) is 0 Å². The van der Waals surface area contributed by atoms with Gasteiger partial charge < -0.3 is 9.47 Å². The molecule has 0 aromatic heterocycles. The van der Waals surface area contributed by atoms with Crippen molar-refractivity contribution in [2.24, 2.45) is 0 Å². The van der Waals surface area contributed by atoms with Crippen molar-refractivity contribution in [2.75, 3.05) is 13.7 Å². The van der Waals surface area contributed by atoms with Crippen LogP contribution in [-0.4, -0.2) is 19.9 Å². The maximum atomic E-state index is 10.7. The molecule has 0 aliphatic rings. The van der Waals surface area contributed by atoms with Crippen LogP contribution in [0.25, 0.3) is 0 Å². The number of ether oxygens (including phenoxy) is 2. The molecule has 0 N–H and O–H groups in total. The number of methoxy groups -OCH3 is 1. The first kappa shape index (κ1) is 18.3. The molecule has 114 valence electrons. The minimum Gasteiger partial charge on any atom is -0.438 e. The fourth-order valence-electron chi connectivity index (χ4n) is 2.16. The van der Waals surface area contributed by atoms with Gasteiger partial charge in [0.05, 0.1) is 13.7 Å². The predicted octanol–water partition coefficient (Wildman–Crippen LogP) is 5.47. The van der Waals surface area contributed by atoms with Gasteiger partial charge in [0.15, 0.2) is 0 Å². The van der Waals surface area contributed by atoms with Crippen molar-refractivity contribution in [1.29, 1.82) is 0 Å². The summed E-state index contributed by atoms with van der Waals surface area (Å²) in [6.45, 7) is 2.75. The van der Waals surface area contributed by atoms with E-state index >= 15 is 0 Å². The monoisotopic (exact) mass is 272 g/mol. The molecule has 0 unspecified atom stereocenters. The molecule has 0 amide bonds. The number of unbranched alkanes of at least 4 members (excludes halogenated alkanes) is 11. The zero-order chi connectivity index (χ0) is 14.2. The van der Waals surface area contributed by atoms with Gasteiger partial charge in [0.1, 0.15) is 0 Å². The van der Waals surface area contributed by atoms with Crippen LogP contribution < -0.4 is 0 Å². The number of carbonyl (C=O) groups excluding carboxylic acids is 1. The number of carbonyl (C=O) groups is 1. The van der Waals surface area contributed by atoms with Gasteiger partial charge in [-0.2, -0.15) is 0 Å². The highest BCUT2D eigenvalue weighted by Gasteiger charge is 1.98. The summed E-state index contributed by atoms with van der Waals surface area (Å²) in [5, 5.41) is 0. The van der Waals surface area contributed by atoms with Crippen LogP contribution in [0.1, 0.15) is 84.0 Å². The van der Waals surface area contributed by atoms with Crippen LogP contribution in [0.5, 0.6) is 0 Å². The Kier molecular flexibility index (Phi) is 14.7. The summed E-state index contributed by atoms with van der Waals surface area (Å²) in [4.78, 5) is 10.7. The molecule has 3 heteroatoms. The minimum atomic E-state index is -0.567. The lowest BCUT2D eigenvalue weighted by atomic mass is 10.1. The molecule has 3 nitrogen and oxygen atoms in total. The molecular weight excluding hydrogens is 240 g/mol. The Morgan fingerprint density at radius 2 is 1.16 bits per heavy atom. The number of hydrogen-bond acceptors (Lipinski definition) is 3. The molecule has 0 aliphatic carbocycles. The molecule has 0 saturated carbocycles. The molecule has 0 radical (unpaired) electrons. The van der Waals surface area contributed by atoms with E-state index in [1.54, 1.807) is 0 Å². The van der Waals surface area contributed by atoms with E-state index < -0.39 is 6.16 Å². The second-order valence-electron chi connectivity index (χ2n) is 5.19. The zero-order valence-corrected chi connectivity index (χ0v) is 12.9. The Bertz CT molecular complexity index is 192. The first-order chi connectivity index (χ1) is 9.31. The van der Waals surface area contributed by atoms with E-state index in [1.165, 1.54) is 71.3 Å². The molecule has 0 atom stereocenters. The minimum absolute atomic E-state index is 0.490. The molecule has 0 aromatic carbocycles. The third-order valence-electron chi connectivity index (χ3n) is 3.38. The Morgan fingerprint density at radius 1 is 0.737 bits per heavy atom. The van der Waals surface area contributed by atoms with Crippen molar-refractivity contribution in [3.05, 3.63) is 0 Å².